The Kier molecular flexibility index (Phi) is 4.60. The van der Waals surface area contributed by atoms with E-state index in [1.165, 1.54) is 0 Å². The highest BCUT2D eigenvalue weighted by atomic mass is 16.5. The number of ether oxygens (including phenoxy) is 1. The van der Waals surface area contributed by atoms with Crippen molar-refractivity contribution in [2.45, 2.75) is 33.2 Å². The van der Waals surface area contributed by atoms with Gasteiger partial charge in [0, 0.05) is 12.5 Å². The van der Waals surface area contributed by atoms with E-state index >= 15 is 0 Å². The third-order valence-corrected chi connectivity index (χ3v) is 4.12. The zero-order valence-electron chi connectivity index (χ0n) is 13.6. The molecule has 0 unspecified atom stereocenters. The van der Waals surface area contributed by atoms with Crippen LogP contribution in [-0.4, -0.2) is 33.8 Å². The molecule has 1 aliphatic heterocycles. The van der Waals surface area contributed by atoms with E-state index in [2.05, 4.69) is 15.4 Å². The van der Waals surface area contributed by atoms with Gasteiger partial charge in [0.2, 0.25) is 5.91 Å². The van der Waals surface area contributed by atoms with Gasteiger partial charge in [-0.3, -0.25) is 4.79 Å². The normalized spacial score (nSPS) is 17.0. The predicted molar refractivity (Wildman–Crippen MR) is 86.3 cm³/mol. The Hall–Kier alpha value is -2.37. The van der Waals surface area contributed by atoms with E-state index < -0.39 is 0 Å². The van der Waals surface area contributed by atoms with E-state index in [0.29, 0.717) is 19.7 Å². The second kappa shape index (κ2) is 6.81. The smallest absolute Gasteiger partial charge is 0.223 e. The van der Waals surface area contributed by atoms with Gasteiger partial charge in [-0.1, -0.05) is 18.2 Å². The van der Waals surface area contributed by atoms with Crippen molar-refractivity contribution in [1.29, 1.82) is 0 Å². The van der Waals surface area contributed by atoms with Crippen LogP contribution in [0.2, 0.25) is 0 Å². The maximum Gasteiger partial charge on any atom is 0.223 e. The Labute approximate surface area is 135 Å². The SMILES string of the molecule is Cc1nc(C)n(CCNC(=O)[C@@H]2CCOc3ccccc3C2)n1. The molecule has 1 amide bonds. The summed E-state index contributed by atoms with van der Waals surface area (Å²) in [4.78, 5) is 16.7. The minimum atomic E-state index is -0.0442. The second-order valence-corrected chi connectivity index (χ2v) is 5.87. The first-order valence-corrected chi connectivity index (χ1v) is 8.00. The molecule has 6 heteroatoms. The van der Waals surface area contributed by atoms with Crippen molar-refractivity contribution in [2.75, 3.05) is 13.2 Å². The maximum atomic E-state index is 12.4. The van der Waals surface area contributed by atoms with Crippen LogP contribution >= 0.6 is 0 Å². The molecule has 1 aromatic carbocycles. The number of rotatable bonds is 4. The van der Waals surface area contributed by atoms with Gasteiger partial charge in [-0.25, -0.2) is 9.67 Å². The lowest BCUT2D eigenvalue weighted by Crippen LogP contribution is -2.34. The van der Waals surface area contributed by atoms with Crippen LogP contribution in [0.5, 0.6) is 5.75 Å². The molecule has 1 atom stereocenters. The van der Waals surface area contributed by atoms with Crippen molar-refractivity contribution in [3.05, 3.63) is 41.5 Å². The summed E-state index contributed by atoms with van der Waals surface area (Å²) in [5.41, 5.74) is 1.10. The van der Waals surface area contributed by atoms with Gasteiger partial charge in [0.25, 0.3) is 0 Å². The first-order chi connectivity index (χ1) is 11.1. The second-order valence-electron chi connectivity index (χ2n) is 5.87. The summed E-state index contributed by atoms with van der Waals surface area (Å²) in [5.74, 6) is 2.56. The van der Waals surface area contributed by atoms with Crippen molar-refractivity contribution in [3.8, 4) is 5.75 Å². The van der Waals surface area contributed by atoms with Crippen molar-refractivity contribution in [2.24, 2.45) is 5.92 Å². The average Bonchev–Trinajstić information content (AvgIpc) is 2.74. The van der Waals surface area contributed by atoms with Crippen LogP contribution in [0.25, 0.3) is 0 Å². The quantitative estimate of drug-likeness (QED) is 0.932. The number of para-hydroxylation sites is 1. The molecule has 6 nitrogen and oxygen atoms in total. The lowest BCUT2D eigenvalue weighted by Gasteiger charge is -2.14. The highest BCUT2D eigenvalue weighted by molar-refractivity contribution is 5.79. The molecule has 1 N–H and O–H groups in total. The molecule has 0 radical (unpaired) electrons. The minimum absolute atomic E-state index is 0.0442. The molecule has 0 saturated carbocycles. The van der Waals surface area contributed by atoms with Crippen LogP contribution in [-0.2, 0) is 17.8 Å². The Morgan fingerprint density at radius 2 is 2.22 bits per heavy atom. The van der Waals surface area contributed by atoms with Gasteiger partial charge in [-0.2, -0.15) is 5.10 Å². The van der Waals surface area contributed by atoms with Crippen molar-refractivity contribution in [1.82, 2.24) is 20.1 Å². The van der Waals surface area contributed by atoms with Gasteiger partial charge >= 0.3 is 0 Å². The predicted octanol–water partition coefficient (Wildman–Crippen LogP) is 1.65. The lowest BCUT2D eigenvalue weighted by atomic mass is 9.96. The maximum absolute atomic E-state index is 12.4. The van der Waals surface area contributed by atoms with Crippen LogP contribution in [0.4, 0.5) is 0 Å². The van der Waals surface area contributed by atoms with Gasteiger partial charge in [0.05, 0.1) is 13.2 Å². The van der Waals surface area contributed by atoms with Gasteiger partial charge in [-0.05, 0) is 38.3 Å². The number of amides is 1. The number of fused-ring (bicyclic) bond motifs is 1. The minimum Gasteiger partial charge on any atom is -0.493 e. The van der Waals surface area contributed by atoms with Crippen molar-refractivity contribution in [3.63, 3.8) is 0 Å². The molecule has 23 heavy (non-hydrogen) atoms. The first kappa shape index (κ1) is 15.5. The lowest BCUT2D eigenvalue weighted by molar-refractivity contribution is -0.125. The van der Waals surface area contributed by atoms with E-state index in [4.69, 9.17) is 4.74 Å². The monoisotopic (exact) mass is 314 g/mol. The highest BCUT2D eigenvalue weighted by Crippen LogP contribution is 2.26. The number of hydrogen-bond donors (Lipinski definition) is 1. The van der Waals surface area contributed by atoms with Gasteiger partial charge in [0.15, 0.2) is 0 Å². The largest absolute Gasteiger partial charge is 0.493 e. The average molecular weight is 314 g/mol. The molecule has 0 saturated heterocycles. The Balaban J connectivity index is 1.55. The number of nitrogens with one attached hydrogen (secondary N) is 1. The number of hydrogen-bond acceptors (Lipinski definition) is 4. The van der Waals surface area contributed by atoms with E-state index in [9.17, 15) is 4.79 Å². The topological polar surface area (TPSA) is 69.0 Å². The molecule has 2 aromatic rings. The van der Waals surface area contributed by atoms with E-state index in [1.807, 2.05) is 42.8 Å². The fourth-order valence-corrected chi connectivity index (χ4v) is 2.92. The zero-order valence-corrected chi connectivity index (χ0v) is 13.6. The summed E-state index contributed by atoms with van der Waals surface area (Å²) in [6.07, 6.45) is 1.46. The first-order valence-electron chi connectivity index (χ1n) is 8.00. The summed E-state index contributed by atoms with van der Waals surface area (Å²) < 4.78 is 7.54. The van der Waals surface area contributed by atoms with E-state index in [-0.39, 0.29) is 11.8 Å². The molecular formula is C17H22N4O2. The Morgan fingerprint density at radius 3 is 3.00 bits per heavy atom. The molecule has 3 rings (SSSR count). The summed E-state index contributed by atoms with van der Waals surface area (Å²) in [6, 6.07) is 7.94. The molecular weight excluding hydrogens is 292 g/mol. The summed E-state index contributed by atoms with van der Waals surface area (Å²) in [7, 11) is 0. The molecule has 1 aromatic heterocycles. The van der Waals surface area contributed by atoms with Crippen molar-refractivity contribution < 1.29 is 9.53 Å². The third kappa shape index (κ3) is 3.70. The van der Waals surface area contributed by atoms with Crippen molar-refractivity contribution >= 4 is 5.91 Å². The number of aromatic nitrogens is 3. The number of carbonyl (C=O) groups is 1. The Morgan fingerprint density at radius 1 is 1.39 bits per heavy atom. The molecule has 0 spiro atoms. The summed E-state index contributed by atoms with van der Waals surface area (Å²) in [5, 5.41) is 7.31. The van der Waals surface area contributed by atoms with Crippen LogP contribution in [0.3, 0.4) is 0 Å². The van der Waals surface area contributed by atoms with Gasteiger partial charge in [-0.15, -0.1) is 0 Å². The van der Waals surface area contributed by atoms with Crippen LogP contribution < -0.4 is 10.1 Å². The summed E-state index contributed by atoms with van der Waals surface area (Å²) >= 11 is 0. The van der Waals surface area contributed by atoms with Crippen LogP contribution in [0.15, 0.2) is 24.3 Å². The summed E-state index contributed by atoms with van der Waals surface area (Å²) in [6.45, 7) is 5.56. The van der Waals surface area contributed by atoms with E-state index in [1.54, 1.807) is 0 Å². The number of carbonyl (C=O) groups excluding carboxylic acids is 1. The standard InChI is InChI=1S/C17H22N4O2/c1-12-19-13(2)21(20-12)9-8-18-17(22)15-7-10-23-16-6-4-3-5-14(16)11-15/h3-6,15H,7-11H2,1-2H3,(H,18,22)/t15-/m1/s1. The fraction of sp³-hybridized carbons (Fsp3) is 0.471. The van der Waals surface area contributed by atoms with Crippen LogP contribution in [0, 0.1) is 19.8 Å². The molecule has 1 aliphatic rings. The molecule has 0 aliphatic carbocycles. The molecule has 2 heterocycles. The van der Waals surface area contributed by atoms with Crippen LogP contribution in [0.1, 0.15) is 23.6 Å². The van der Waals surface area contributed by atoms with E-state index in [0.717, 1.165) is 35.8 Å². The number of nitrogens with zero attached hydrogens (tertiary/aromatic N) is 3. The molecule has 0 fully saturated rings. The van der Waals surface area contributed by atoms with Gasteiger partial charge in [0.1, 0.15) is 17.4 Å². The molecule has 122 valence electrons. The zero-order chi connectivity index (χ0) is 16.2. The fourth-order valence-electron chi connectivity index (χ4n) is 2.92. The Bertz CT molecular complexity index is 696. The number of aryl methyl sites for hydroxylation is 2. The molecule has 0 bridgehead atoms. The number of benzene rings is 1. The van der Waals surface area contributed by atoms with Gasteiger partial charge < -0.3 is 10.1 Å². The third-order valence-electron chi connectivity index (χ3n) is 4.12. The highest BCUT2D eigenvalue weighted by Gasteiger charge is 2.23.